The molecule has 0 amide bonds. The maximum atomic E-state index is 11.4. The van der Waals surface area contributed by atoms with Gasteiger partial charge in [0, 0.05) is 6.92 Å². The van der Waals surface area contributed by atoms with Gasteiger partial charge in [-0.05, 0) is 24.8 Å². The fourth-order valence-electron chi connectivity index (χ4n) is 1.29. The zero-order chi connectivity index (χ0) is 11.7. The maximum Gasteiger partial charge on any atom is 0.349 e. The van der Waals surface area contributed by atoms with Gasteiger partial charge in [0.1, 0.15) is 17.1 Å². The van der Waals surface area contributed by atoms with E-state index in [1.54, 1.807) is 0 Å². The van der Waals surface area contributed by atoms with Gasteiger partial charge in [-0.25, -0.2) is 4.79 Å². The molecule has 1 heterocycles. The average molecular weight is 220 g/mol. The summed E-state index contributed by atoms with van der Waals surface area (Å²) >= 11 is 0. The highest BCUT2D eigenvalue weighted by atomic mass is 16.7. The van der Waals surface area contributed by atoms with E-state index in [-0.39, 0.29) is 17.3 Å². The van der Waals surface area contributed by atoms with Crippen molar-refractivity contribution < 1.29 is 23.8 Å². The van der Waals surface area contributed by atoms with Crippen LogP contribution in [-0.2, 0) is 9.53 Å². The van der Waals surface area contributed by atoms with Gasteiger partial charge >= 0.3 is 11.9 Å². The molecule has 0 bridgehead atoms. The predicted octanol–water partition coefficient (Wildman–Crippen LogP) is 1.63. The molecule has 0 fully saturated rings. The summed E-state index contributed by atoms with van der Waals surface area (Å²) in [5.74, 6) is -0.524. The number of esters is 2. The second-order valence-corrected chi connectivity index (χ2v) is 3.12. The van der Waals surface area contributed by atoms with Gasteiger partial charge in [-0.2, -0.15) is 0 Å². The van der Waals surface area contributed by atoms with Crippen LogP contribution in [0, 0.1) is 0 Å². The molecule has 0 aromatic heterocycles. The normalized spacial score (nSPS) is 13.6. The van der Waals surface area contributed by atoms with Crippen molar-refractivity contribution in [2.45, 2.75) is 6.92 Å². The van der Waals surface area contributed by atoms with E-state index in [2.05, 4.69) is 11.3 Å². The molecule has 0 saturated carbocycles. The van der Waals surface area contributed by atoms with Gasteiger partial charge in [0.25, 0.3) is 5.95 Å². The van der Waals surface area contributed by atoms with Gasteiger partial charge in [-0.15, -0.1) is 0 Å². The molecule has 0 radical (unpaired) electrons. The van der Waals surface area contributed by atoms with Crippen LogP contribution in [0.25, 0.3) is 0 Å². The van der Waals surface area contributed by atoms with Crippen LogP contribution < -0.4 is 9.47 Å². The van der Waals surface area contributed by atoms with Crippen LogP contribution in [0.3, 0.4) is 0 Å². The Morgan fingerprint density at radius 3 is 2.81 bits per heavy atom. The molecule has 1 aliphatic heterocycles. The molecular weight excluding hydrogens is 212 g/mol. The summed E-state index contributed by atoms with van der Waals surface area (Å²) in [5, 5.41) is 0. The Labute approximate surface area is 91.2 Å². The highest BCUT2D eigenvalue weighted by Gasteiger charge is 2.23. The van der Waals surface area contributed by atoms with Crippen molar-refractivity contribution in [3.05, 3.63) is 36.3 Å². The van der Waals surface area contributed by atoms with E-state index in [4.69, 9.17) is 9.47 Å². The third-order valence-corrected chi connectivity index (χ3v) is 1.86. The van der Waals surface area contributed by atoms with Crippen molar-refractivity contribution >= 4 is 11.9 Å². The summed E-state index contributed by atoms with van der Waals surface area (Å²) in [7, 11) is 0. The number of ether oxygens (including phenoxy) is 3. The molecule has 0 spiro atoms. The van der Waals surface area contributed by atoms with Crippen molar-refractivity contribution in [2.75, 3.05) is 0 Å². The number of hydrogen-bond acceptors (Lipinski definition) is 5. The number of fused-ring (bicyclic) bond motifs is 1. The molecule has 0 N–H and O–H groups in total. The Hall–Kier alpha value is -2.30. The van der Waals surface area contributed by atoms with Crippen molar-refractivity contribution in [3.8, 4) is 11.5 Å². The van der Waals surface area contributed by atoms with E-state index in [0.717, 1.165) is 0 Å². The van der Waals surface area contributed by atoms with Crippen molar-refractivity contribution in [1.82, 2.24) is 0 Å². The third kappa shape index (κ3) is 1.88. The largest absolute Gasteiger partial charge is 0.427 e. The van der Waals surface area contributed by atoms with Crippen LogP contribution in [0.4, 0.5) is 0 Å². The summed E-state index contributed by atoms with van der Waals surface area (Å²) in [5.41, 5.74) is 0.200. The zero-order valence-electron chi connectivity index (χ0n) is 8.48. The highest BCUT2D eigenvalue weighted by molar-refractivity contribution is 5.94. The third-order valence-electron chi connectivity index (χ3n) is 1.86. The number of carbonyl (C=O) groups is 2. The van der Waals surface area contributed by atoms with Crippen LogP contribution in [0.5, 0.6) is 11.5 Å². The Morgan fingerprint density at radius 1 is 1.38 bits per heavy atom. The predicted molar refractivity (Wildman–Crippen MR) is 52.9 cm³/mol. The van der Waals surface area contributed by atoms with Gasteiger partial charge in [0.2, 0.25) is 0 Å². The number of cyclic esters (lactones) is 1. The molecule has 5 nitrogen and oxygen atoms in total. The fourth-order valence-corrected chi connectivity index (χ4v) is 1.29. The Bertz CT molecular complexity index is 489. The van der Waals surface area contributed by atoms with Gasteiger partial charge in [-0.3, -0.25) is 4.79 Å². The Balaban J connectivity index is 2.38. The lowest BCUT2D eigenvalue weighted by Crippen LogP contribution is -2.16. The first-order valence-electron chi connectivity index (χ1n) is 4.47. The maximum absolute atomic E-state index is 11.4. The van der Waals surface area contributed by atoms with Crippen LogP contribution in [-0.4, -0.2) is 11.9 Å². The summed E-state index contributed by atoms with van der Waals surface area (Å²) < 4.78 is 14.6. The van der Waals surface area contributed by atoms with E-state index in [0.29, 0.717) is 5.75 Å². The zero-order valence-corrected chi connectivity index (χ0v) is 8.48. The van der Waals surface area contributed by atoms with E-state index in [1.165, 1.54) is 25.1 Å². The summed E-state index contributed by atoms with van der Waals surface area (Å²) in [6.07, 6.45) is 0. The van der Waals surface area contributed by atoms with E-state index >= 15 is 0 Å². The van der Waals surface area contributed by atoms with E-state index in [1.807, 2.05) is 0 Å². The molecular formula is C11H8O5. The molecule has 5 heteroatoms. The lowest BCUT2D eigenvalue weighted by atomic mass is 10.2. The van der Waals surface area contributed by atoms with Gasteiger partial charge < -0.3 is 14.2 Å². The lowest BCUT2D eigenvalue weighted by molar-refractivity contribution is -0.131. The summed E-state index contributed by atoms with van der Waals surface area (Å²) in [6, 6.07) is 4.41. The number of rotatable bonds is 1. The second-order valence-electron chi connectivity index (χ2n) is 3.12. The first-order chi connectivity index (χ1) is 7.56. The summed E-state index contributed by atoms with van der Waals surface area (Å²) in [4.78, 5) is 22.2. The van der Waals surface area contributed by atoms with Crippen LogP contribution in [0.2, 0.25) is 0 Å². The monoisotopic (exact) mass is 220 g/mol. The molecule has 1 aliphatic rings. The quantitative estimate of drug-likeness (QED) is 0.531. The standard InChI is InChI=1S/C11H8O5/c1-6(12)14-8-3-4-10-9(5-8)11(13)16-7(2)15-10/h3-5H,2H2,1H3. The number of benzene rings is 1. The Kier molecular flexibility index (Phi) is 2.36. The smallest absolute Gasteiger partial charge is 0.349 e. The molecule has 82 valence electrons. The molecule has 0 saturated heterocycles. The van der Waals surface area contributed by atoms with Crippen molar-refractivity contribution in [2.24, 2.45) is 0 Å². The fraction of sp³-hybridized carbons (Fsp3) is 0.0909. The first-order valence-corrected chi connectivity index (χ1v) is 4.47. The van der Waals surface area contributed by atoms with Gasteiger partial charge in [0.05, 0.1) is 0 Å². The SMILES string of the molecule is C=C1OC(=O)c2cc(OC(C)=O)ccc2O1. The van der Waals surface area contributed by atoms with E-state index in [9.17, 15) is 9.59 Å². The van der Waals surface area contributed by atoms with Crippen LogP contribution >= 0.6 is 0 Å². The molecule has 0 atom stereocenters. The Morgan fingerprint density at radius 2 is 2.12 bits per heavy atom. The first kappa shape index (κ1) is 10.2. The molecule has 2 rings (SSSR count). The topological polar surface area (TPSA) is 61.8 Å². The number of hydrogen-bond donors (Lipinski definition) is 0. The van der Waals surface area contributed by atoms with Crippen LogP contribution in [0.1, 0.15) is 17.3 Å². The van der Waals surface area contributed by atoms with Gasteiger partial charge in [0.15, 0.2) is 0 Å². The van der Waals surface area contributed by atoms with Crippen molar-refractivity contribution in [1.29, 1.82) is 0 Å². The minimum atomic E-state index is -0.583. The second kappa shape index (κ2) is 3.69. The molecule has 0 unspecified atom stereocenters. The molecule has 16 heavy (non-hydrogen) atoms. The summed E-state index contributed by atoms with van der Waals surface area (Å²) in [6.45, 7) is 4.66. The van der Waals surface area contributed by atoms with E-state index < -0.39 is 11.9 Å². The molecule has 1 aromatic carbocycles. The van der Waals surface area contributed by atoms with Gasteiger partial charge in [-0.1, -0.05) is 0 Å². The average Bonchev–Trinajstić information content (AvgIpc) is 2.18. The number of carbonyl (C=O) groups excluding carboxylic acids is 2. The molecule has 1 aromatic rings. The minimum absolute atomic E-state index is 0.0715. The van der Waals surface area contributed by atoms with Crippen molar-refractivity contribution in [3.63, 3.8) is 0 Å². The molecule has 0 aliphatic carbocycles. The minimum Gasteiger partial charge on any atom is -0.427 e. The lowest BCUT2D eigenvalue weighted by Gasteiger charge is -2.17. The van der Waals surface area contributed by atoms with Crippen LogP contribution in [0.15, 0.2) is 30.7 Å². The highest BCUT2D eigenvalue weighted by Crippen LogP contribution is 2.30.